The number of alkyl halides is 3. The monoisotopic (exact) mass is 254 g/mol. The summed E-state index contributed by atoms with van der Waals surface area (Å²) in [6.07, 6.45) is -3.44. The summed E-state index contributed by atoms with van der Waals surface area (Å²) in [6, 6.07) is 4.95. The molecule has 0 aliphatic heterocycles. The van der Waals surface area contributed by atoms with Gasteiger partial charge < -0.3 is 0 Å². The number of carbonyl (C=O) groups excluding carboxylic acids is 1. The SMILES string of the molecule is CC(C)(C#N)c1ccc(N=C=O)cc1C(F)(F)F. The van der Waals surface area contributed by atoms with Crippen molar-refractivity contribution in [1.29, 1.82) is 5.26 Å². The van der Waals surface area contributed by atoms with Gasteiger partial charge in [0, 0.05) is 0 Å². The molecule has 0 fully saturated rings. The van der Waals surface area contributed by atoms with E-state index in [1.807, 2.05) is 6.07 Å². The minimum absolute atomic E-state index is 0.144. The third kappa shape index (κ3) is 2.76. The standard InChI is InChI=1S/C12H9F3N2O/c1-11(2,6-16)9-4-3-8(17-7-18)5-10(9)12(13,14)15/h3-5H,1-2H3. The highest BCUT2D eigenvalue weighted by atomic mass is 19.4. The van der Waals surface area contributed by atoms with Crippen molar-refractivity contribution < 1.29 is 18.0 Å². The number of isocyanates is 1. The van der Waals surface area contributed by atoms with E-state index in [0.717, 1.165) is 12.1 Å². The summed E-state index contributed by atoms with van der Waals surface area (Å²) in [7, 11) is 0. The Morgan fingerprint density at radius 1 is 1.22 bits per heavy atom. The Bertz CT molecular complexity index is 549. The molecule has 0 saturated heterocycles. The Hall–Kier alpha value is -2.12. The quantitative estimate of drug-likeness (QED) is 0.599. The normalized spacial score (nSPS) is 11.6. The third-order valence-electron chi connectivity index (χ3n) is 2.44. The van der Waals surface area contributed by atoms with E-state index in [-0.39, 0.29) is 11.3 Å². The Morgan fingerprint density at radius 3 is 2.28 bits per heavy atom. The Morgan fingerprint density at radius 2 is 1.83 bits per heavy atom. The molecule has 0 amide bonds. The zero-order valence-corrected chi connectivity index (χ0v) is 9.67. The maximum Gasteiger partial charge on any atom is 0.416 e. The lowest BCUT2D eigenvalue weighted by Gasteiger charge is -2.21. The van der Waals surface area contributed by atoms with Crippen molar-refractivity contribution in [2.75, 3.05) is 0 Å². The zero-order valence-electron chi connectivity index (χ0n) is 9.67. The van der Waals surface area contributed by atoms with Gasteiger partial charge in [-0.15, -0.1) is 0 Å². The van der Waals surface area contributed by atoms with E-state index in [1.165, 1.54) is 26.0 Å². The molecule has 18 heavy (non-hydrogen) atoms. The van der Waals surface area contributed by atoms with Crippen LogP contribution in [-0.2, 0) is 16.4 Å². The van der Waals surface area contributed by atoms with Crippen LogP contribution in [0.3, 0.4) is 0 Å². The lowest BCUT2D eigenvalue weighted by Crippen LogP contribution is -2.20. The van der Waals surface area contributed by atoms with Crippen molar-refractivity contribution >= 4 is 11.8 Å². The van der Waals surface area contributed by atoms with E-state index in [9.17, 15) is 18.0 Å². The molecule has 94 valence electrons. The van der Waals surface area contributed by atoms with Crippen LogP contribution >= 0.6 is 0 Å². The van der Waals surface area contributed by atoms with Crippen molar-refractivity contribution in [3.63, 3.8) is 0 Å². The fourth-order valence-electron chi connectivity index (χ4n) is 1.49. The van der Waals surface area contributed by atoms with Crippen molar-refractivity contribution in [2.24, 2.45) is 4.99 Å². The molecule has 0 N–H and O–H groups in total. The van der Waals surface area contributed by atoms with E-state index in [1.54, 1.807) is 0 Å². The molecule has 0 aliphatic carbocycles. The van der Waals surface area contributed by atoms with Gasteiger partial charge >= 0.3 is 6.18 Å². The average Bonchev–Trinajstić information content (AvgIpc) is 2.28. The minimum atomic E-state index is -4.61. The van der Waals surface area contributed by atoms with Gasteiger partial charge in [0.1, 0.15) is 0 Å². The molecule has 1 aromatic carbocycles. The molecule has 0 unspecified atom stereocenters. The van der Waals surface area contributed by atoms with Gasteiger partial charge in [0.25, 0.3) is 0 Å². The number of hydrogen-bond acceptors (Lipinski definition) is 3. The van der Waals surface area contributed by atoms with Gasteiger partial charge in [-0.05, 0) is 31.5 Å². The van der Waals surface area contributed by atoms with Crippen molar-refractivity contribution in [1.82, 2.24) is 0 Å². The van der Waals surface area contributed by atoms with Crippen molar-refractivity contribution in [3.05, 3.63) is 29.3 Å². The van der Waals surface area contributed by atoms with E-state index in [0.29, 0.717) is 0 Å². The fraction of sp³-hybridized carbons (Fsp3) is 0.333. The van der Waals surface area contributed by atoms with Crippen LogP contribution in [0.4, 0.5) is 18.9 Å². The van der Waals surface area contributed by atoms with Crippen LogP contribution in [0, 0.1) is 11.3 Å². The van der Waals surface area contributed by atoms with E-state index in [2.05, 4.69) is 4.99 Å². The number of hydrogen-bond donors (Lipinski definition) is 0. The van der Waals surface area contributed by atoms with Crippen LogP contribution in [0.5, 0.6) is 0 Å². The second-order valence-corrected chi connectivity index (χ2v) is 4.17. The Labute approximate surface area is 102 Å². The summed E-state index contributed by atoms with van der Waals surface area (Å²) < 4.78 is 38.7. The first kappa shape index (κ1) is 13.9. The first-order chi connectivity index (χ1) is 8.22. The van der Waals surface area contributed by atoms with Crippen LogP contribution in [0.15, 0.2) is 23.2 Å². The maximum absolute atomic E-state index is 12.9. The molecular weight excluding hydrogens is 245 g/mol. The van der Waals surface area contributed by atoms with Crippen LogP contribution in [-0.4, -0.2) is 6.08 Å². The highest BCUT2D eigenvalue weighted by Crippen LogP contribution is 2.39. The summed E-state index contributed by atoms with van der Waals surface area (Å²) in [5.74, 6) is 0. The second kappa shape index (κ2) is 4.63. The Kier molecular flexibility index (Phi) is 3.59. The van der Waals surface area contributed by atoms with Gasteiger partial charge in [0.05, 0.1) is 22.7 Å². The fourth-order valence-corrected chi connectivity index (χ4v) is 1.49. The lowest BCUT2D eigenvalue weighted by atomic mass is 9.83. The number of nitrogens with zero attached hydrogens (tertiary/aromatic N) is 2. The van der Waals surface area contributed by atoms with Crippen LogP contribution in [0.25, 0.3) is 0 Å². The largest absolute Gasteiger partial charge is 0.416 e. The lowest BCUT2D eigenvalue weighted by molar-refractivity contribution is -0.138. The summed E-state index contributed by atoms with van der Waals surface area (Å²) in [5, 5.41) is 8.91. The molecule has 0 heterocycles. The number of rotatable bonds is 2. The smallest absolute Gasteiger partial charge is 0.211 e. The molecule has 6 heteroatoms. The van der Waals surface area contributed by atoms with Gasteiger partial charge in [-0.2, -0.15) is 23.4 Å². The first-order valence-corrected chi connectivity index (χ1v) is 4.93. The molecule has 3 nitrogen and oxygen atoms in total. The second-order valence-electron chi connectivity index (χ2n) is 4.17. The predicted molar refractivity (Wildman–Crippen MR) is 57.9 cm³/mol. The number of nitriles is 1. The Balaban J connectivity index is 3.55. The van der Waals surface area contributed by atoms with Crippen molar-refractivity contribution in [3.8, 4) is 6.07 Å². The number of aliphatic imine (C=N–C) groups is 1. The average molecular weight is 254 g/mol. The molecule has 1 rings (SSSR count). The summed E-state index contributed by atoms with van der Waals surface area (Å²) in [6.45, 7) is 2.78. The van der Waals surface area contributed by atoms with Gasteiger partial charge in [-0.25, -0.2) is 4.79 Å². The molecule has 0 atom stereocenters. The predicted octanol–water partition coefficient (Wildman–Crippen LogP) is 3.47. The van der Waals surface area contributed by atoms with Gasteiger partial charge in [-0.1, -0.05) is 6.07 Å². The summed E-state index contributed by atoms with van der Waals surface area (Å²) >= 11 is 0. The van der Waals surface area contributed by atoms with E-state index < -0.39 is 17.2 Å². The topological polar surface area (TPSA) is 53.2 Å². The highest BCUT2D eigenvalue weighted by molar-refractivity contribution is 5.54. The van der Waals surface area contributed by atoms with E-state index in [4.69, 9.17) is 5.26 Å². The molecule has 0 bridgehead atoms. The van der Waals surface area contributed by atoms with Crippen LogP contribution < -0.4 is 0 Å². The van der Waals surface area contributed by atoms with Crippen LogP contribution in [0.2, 0.25) is 0 Å². The minimum Gasteiger partial charge on any atom is -0.211 e. The van der Waals surface area contributed by atoms with E-state index >= 15 is 0 Å². The maximum atomic E-state index is 12.9. The molecule has 0 aromatic heterocycles. The summed E-state index contributed by atoms with van der Waals surface area (Å²) in [5.41, 5.74) is -2.54. The molecule has 0 spiro atoms. The summed E-state index contributed by atoms with van der Waals surface area (Å²) in [4.78, 5) is 13.2. The molecule has 1 aromatic rings. The first-order valence-electron chi connectivity index (χ1n) is 4.93. The van der Waals surface area contributed by atoms with Crippen molar-refractivity contribution in [2.45, 2.75) is 25.4 Å². The highest BCUT2D eigenvalue weighted by Gasteiger charge is 2.38. The number of halogens is 3. The number of benzene rings is 1. The van der Waals surface area contributed by atoms with Gasteiger partial charge in [-0.3, -0.25) is 0 Å². The van der Waals surface area contributed by atoms with Crippen LogP contribution in [0.1, 0.15) is 25.0 Å². The third-order valence-corrected chi connectivity index (χ3v) is 2.44. The van der Waals surface area contributed by atoms with Gasteiger partial charge in [0.2, 0.25) is 6.08 Å². The molecular formula is C12H9F3N2O. The molecule has 0 aliphatic rings. The van der Waals surface area contributed by atoms with Gasteiger partial charge in [0.15, 0.2) is 0 Å². The molecule has 0 saturated carbocycles. The molecule has 0 radical (unpaired) electrons. The zero-order chi connectivity index (χ0) is 14.0.